The van der Waals surface area contributed by atoms with E-state index in [0.29, 0.717) is 11.3 Å². The second kappa shape index (κ2) is 6.85. The average molecular weight is 297 g/mol. The van der Waals surface area contributed by atoms with E-state index in [1.165, 1.54) is 0 Å². The van der Waals surface area contributed by atoms with E-state index in [4.69, 9.17) is 0 Å². The highest BCUT2D eigenvalue weighted by Crippen LogP contribution is 2.04. The third kappa shape index (κ3) is 4.40. The fourth-order valence-electron chi connectivity index (χ4n) is 1.20. The maximum atomic E-state index is 11.4. The third-order valence-corrected chi connectivity index (χ3v) is 2.51. The highest BCUT2D eigenvalue weighted by atomic mass is 79.9. The molecule has 0 bridgehead atoms. The molecule has 0 spiro atoms. The molecule has 2 amide bonds. The lowest BCUT2D eigenvalue weighted by Crippen LogP contribution is -2.22. The molecule has 1 aliphatic carbocycles. The lowest BCUT2D eigenvalue weighted by atomic mass is 10.1. The SMILES string of the molecule is CNC(=O)C1=C/C=C\C(NC(=O)CBr)=C/C=C1. The summed E-state index contributed by atoms with van der Waals surface area (Å²) in [5, 5.41) is 5.50. The van der Waals surface area contributed by atoms with Gasteiger partial charge in [0.1, 0.15) is 0 Å². The summed E-state index contributed by atoms with van der Waals surface area (Å²) < 4.78 is 0. The second-order valence-electron chi connectivity index (χ2n) is 3.22. The van der Waals surface area contributed by atoms with E-state index in [0.717, 1.165) is 0 Å². The Morgan fingerprint density at radius 1 is 1.24 bits per heavy atom. The van der Waals surface area contributed by atoms with Crippen molar-refractivity contribution < 1.29 is 9.59 Å². The van der Waals surface area contributed by atoms with E-state index >= 15 is 0 Å². The number of rotatable bonds is 3. The predicted molar refractivity (Wildman–Crippen MR) is 70.4 cm³/mol. The summed E-state index contributed by atoms with van der Waals surface area (Å²) in [5.74, 6) is -0.266. The van der Waals surface area contributed by atoms with Gasteiger partial charge in [0.05, 0.1) is 5.33 Å². The van der Waals surface area contributed by atoms with Gasteiger partial charge in [-0.2, -0.15) is 0 Å². The molecule has 0 unspecified atom stereocenters. The van der Waals surface area contributed by atoms with Crippen LogP contribution in [0.2, 0.25) is 0 Å². The molecule has 1 rings (SSSR count). The summed E-state index contributed by atoms with van der Waals surface area (Å²) >= 11 is 3.07. The van der Waals surface area contributed by atoms with Crippen LogP contribution in [0, 0.1) is 0 Å². The van der Waals surface area contributed by atoms with Gasteiger partial charge >= 0.3 is 0 Å². The van der Waals surface area contributed by atoms with Crippen LogP contribution in [-0.2, 0) is 9.59 Å². The molecular formula is C12H13BrN2O2. The van der Waals surface area contributed by atoms with Crippen LogP contribution in [0.1, 0.15) is 0 Å². The Bertz CT molecular complexity index is 434. The molecule has 0 aliphatic heterocycles. The highest BCUT2D eigenvalue weighted by Gasteiger charge is 2.03. The van der Waals surface area contributed by atoms with Crippen molar-refractivity contribution in [3.05, 3.63) is 47.7 Å². The van der Waals surface area contributed by atoms with Crippen LogP contribution < -0.4 is 10.6 Å². The van der Waals surface area contributed by atoms with Crippen LogP contribution >= 0.6 is 15.9 Å². The van der Waals surface area contributed by atoms with E-state index in [9.17, 15) is 9.59 Å². The molecule has 0 fully saturated rings. The smallest absolute Gasteiger partial charge is 0.251 e. The minimum Gasteiger partial charge on any atom is -0.355 e. The molecule has 0 heterocycles. The van der Waals surface area contributed by atoms with Crippen molar-refractivity contribution in [3.63, 3.8) is 0 Å². The quantitative estimate of drug-likeness (QED) is 0.769. The zero-order valence-corrected chi connectivity index (χ0v) is 11.0. The molecule has 0 aromatic carbocycles. The number of carbonyl (C=O) groups is 2. The molecule has 4 nitrogen and oxygen atoms in total. The molecule has 0 aromatic rings. The van der Waals surface area contributed by atoms with Crippen LogP contribution in [0.3, 0.4) is 0 Å². The lowest BCUT2D eigenvalue weighted by Gasteiger charge is -2.05. The zero-order valence-electron chi connectivity index (χ0n) is 9.37. The monoisotopic (exact) mass is 296 g/mol. The molecule has 0 radical (unpaired) electrons. The minimum absolute atomic E-state index is 0.120. The van der Waals surface area contributed by atoms with Crippen molar-refractivity contribution in [2.75, 3.05) is 12.4 Å². The Labute approximate surface area is 108 Å². The van der Waals surface area contributed by atoms with E-state index in [2.05, 4.69) is 26.6 Å². The summed E-state index contributed by atoms with van der Waals surface area (Å²) in [6, 6.07) is 0. The summed E-state index contributed by atoms with van der Waals surface area (Å²) in [7, 11) is 1.58. The van der Waals surface area contributed by atoms with Crippen LogP contribution in [0.4, 0.5) is 0 Å². The number of carbonyl (C=O) groups excluding carboxylic acids is 2. The standard InChI is InChI=1S/C12H13BrN2O2/c1-14-12(17)9-4-2-6-10(7-3-5-9)15-11(16)8-13/h2-7H,8H2,1H3,(H,14,17)(H,15,16)/b4-2?,5-3?,6-2-,7-3?,9-4?,9-5?,10-6?,10-7+. The lowest BCUT2D eigenvalue weighted by molar-refractivity contribution is -0.118. The molecule has 1 aliphatic rings. The molecule has 0 saturated carbocycles. The zero-order chi connectivity index (χ0) is 12.7. The Balaban J connectivity index is 2.75. The molecule has 0 aromatic heterocycles. The first kappa shape index (κ1) is 13.4. The van der Waals surface area contributed by atoms with Crippen LogP contribution in [0.5, 0.6) is 0 Å². The number of alkyl halides is 1. The number of nitrogens with one attached hydrogen (secondary N) is 2. The number of amides is 2. The van der Waals surface area contributed by atoms with Gasteiger partial charge in [0.15, 0.2) is 0 Å². The fourth-order valence-corrected chi connectivity index (χ4v) is 1.34. The van der Waals surface area contributed by atoms with Crippen LogP contribution in [0.25, 0.3) is 0 Å². The van der Waals surface area contributed by atoms with E-state index in [1.54, 1.807) is 43.5 Å². The molecule has 90 valence electrons. The molecule has 17 heavy (non-hydrogen) atoms. The van der Waals surface area contributed by atoms with E-state index in [-0.39, 0.29) is 17.1 Å². The largest absolute Gasteiger partial charge is 0.355 e. The first-order valence-corrected chi connectivity index (χ1v) is 6.14. The first-order chi connectivity index (χ1) is 8.17. The van der Waals surface area contributed by atoms with Crippen molar-refractivity contribution in [1.82, 2.24) is 10.6 Å². The highest BCUT2D eigenvalue weighted by molar-refractivity contribution is 9.09. The van der Waals surface area contributed by atoms with Crippen molar-refractivity contribution in [3.8, 4) is 0 Å². The Hall–Kier alpha value is -1.62. The van der Waals surface area contributed by atoms with Gasteiger partial charge in [0, 0.05) is 18.3 Å². The van der Waals surface area contributed by atoms with Gasteiger partial charge in [0.25, 0.3) is 5.91 Å². The van der Waals surface area contributed by atoms with Gasteiger partial charge < -0.3 is 10.6 Å². The average Bonchev–Trinajstić information content (AvgIpc) is 2.31. The molecule has 2 N–H and O–H groups in total. The first-order valence-electron chi connectivity index (χ1n) is 5.02. The van der Waals surface area contributed by atoms with Crippen LogP contribution in [0.15, 0.2) is 47.7 Å². The second-order valence-corrected chi connectivity index (χ2v) is 3.78. The van der Waals surface area contributed by atoms with Crippen molar-refractivity contribution in [2.45, 2.75) is 0 Å². The molecule has 0 atom stereocenters. The summed E-state index contributed by atoms with van der Waals surface area (Å²) in [6.45, 7) is 0. The van der Waals surface area contributed by atoms with Crippen molar-refractivity contribution >= 4 is 27.7 Å². The maximum Gasteiger partial charge on any atom is 0.251 e. The van der Waals surface area contributed by atoms with Gasteiger partial charge in [0.2, 0.25) is 5.91 Å². The van der Waals surface area contributed by atoms with Gasteiger partial charge in [-0.05, 0) is 24.3 Å². The normalized spacial score (nSPS) is 19.2. The van der Waals surface area contributed by atoms with Gasteiger partial charge in [-0.3, -0.25) is 9.59 Å². The minimum atomic E-state index is -0.146. The Morgan fingerprint density at radius 2 is 1.94 bits per heavy atom. The van der Waals surface area contributed by atoms with Gasteiger partial charge in [-0.25, -0.2) is 0 Å². The summed E-state index contributed by atoms with van der Waals surface area (Å²) in [6.07, 6.45) is 10.3. The maximum absolute atomic E-state index is 11.4. The predicted octanol–water partition coefficient (Wildman–Crippen LogP) is 1.18. The topological polar surface area (TPSA) is 58.2 Å². The van der Waals surface area contributed by atoms with E-state index in [1.807, 2.05) is 0 Å². The Kier molecular flexibility index (Phi) is 5.42. The fraction of sp³-hybridized carbons (Fsp3) is 0.167. The number of hydrogen-bond acceptors (Lipinski definition) is 2. The molecule has 0 saturated heterocycles. The van der Waals surface area contributed by atoms with Crippen LogP contribution in [-0.4, -0.2) is 24.2 Å². The molecular weight excluding hydrogens is 284 g/mol. The summed E-state index contributed by atoms with van der Waals surface area (Å²) in [4.78, 5) is 22.5. The Morgan fingerprint density at radius 3 is 2.59 bits per heavy atom. The number of halogens is 1. The van der Waals surface area contributed by atoms with Crippen molar-refractivity contribution in [2.24, 2.45) is 0 Å². The molecule has 5 heteroatoms. The van der Waals surface area contributed by atoms with Gasteiger partial charge in [-0.15, -0.1) is 0 Å². The summed E-state index contributed by atoms with van der Waals surface area (Å²) in [5.41, 5.74) is 1.24. The van der Waals surface area contributed by atoms with Crippen molar-refractivity contribution in [1.29, 1.82) is 0 Å². The van der Waals surface area contributed by atoms with Gasteiger partial charge in [-0.1, -0.05) is 28.1 Å². The third-order valence-electron chi connectivity index (χ3n) is 2.00. The van der Waals surface area contributed by atoms with E-state index < -0.39 is 0 Å². The number of hydrogen-bond donors (Lipinski definition) is 2. The number of allylic oxidation sites excluding steroid dienone is 5. The number of likely N-dealkylation sites (N-methyl/N-ethyl adjacent to an activating group) is 1.